The van der Waals surface area contributed by atoms with Crippen LogP contribution < -0.4 is 5.32 Å². The van der Waals surface area contributed by atoms with Crippen molar-refractivity contribution in [1.82, 2.24) is 29.9 Å². The quantitative estimate of drug-likeness (QED) is 0.754. The standard InChI is InChI=1S/C23H29N7O2/c1-13-9-28-10-14-8-15(14)18(28)12-29(13)22(32)30-11-16-19(23(30,2)3)26-27-20(16)25-21(31)17-6-4-5-7-24-17/h4-7,13-15,18H,8-12H2,1-3H3,(H2,25,26,27,31)/t13-,14+,15?,18+/m0/s1. The van der Waals surface area contributed by atoms with Crippen LogP contribution in [0.1, 0.15) is 48.9 Å². The van der Waals surface area contributed by atoms with E-state index >= 15 is 0 Å². The van der Waals surface area contributed by atoms with Gasteiger partial charge in [-0.3, -0.25) is 19.8 Å². The molecule has 9 nitrogen and oxygen atoms in total. The summed E-state index contributed by atoms with van der Waals surface area (Å²) in [7, 11) is 0. The second kappa shape index (κ2) is 6.78. The van der Waals surface area contributed by atoms with E-state index in [0.717, 1.165) is 36.2 Å². The second-order valence-electron chi connectivity index (χ2n) is 10.2. The first-order chi connectivity index (χ1) is 15.3. The molecule has 1 aliphatic carbocycles. The van der Waals surface area contributed by atoms with Crippen molar-refractivity contribution in [2.24, 2.45) is 11.8 Å². The predicted molar refractivity (Wildman–Crippen MR) is 118 cm³/mol. The van der Waals surface area contributed by atoms with Crippen LogP contribution in [0.5, 0.6) is 0 Å². The molecule has 1 saturated carbocycles. The number of hydrogen-bond donors (Lipinski definition) is 2. The van der Waals surface area contributed by atoms with Gasteiger partial charge in [0.15, 0.2) is 5.82 Å². The fourth-order valence-electron chi connectivity index (χ4n) is 5.96. The zero-order valence-electron chi connectivity index (χ0n) is 18.7. The molecule has 6 rings (SSSR count). The Morgan fingerprint density at radius 1 is 1.22 bits per heavy atom. The van der Waals surface area contributed by atoms with E-state index in [0.29, 0.717) is 24.1 Å². The first kappa shape index (κ1) is 19.7. The van der Waals surface area contributed by atoms with Gasteiger partial charge in [-0.25, -0.2) is 4.79 Å². The van der Waals surface area contributed by atoms with Crippen molar-refractivity contribution in [3.8, 4) is 0 Å². The van der Waals surface area contributed by atoms with Crippen molar-refractivity contribution in [2.45, 2.75) is 51.4 Å². The number of carbonyl (C=O) groups excluding carboxylic acids is 2. The molecule has 0 bridgehead atoms. The summed E-state index contributed by atoms with van der Waals surface area (Å²) in [6, 6.07) is 5.97. The van der Waals surface area contributed by atoms with Crippen molar-refractivity contribution < 1.29 is 9.59 Å². The van der Waals surface area contributed by atoms with Crippen LogP contribution in [0, 0.1) is 11.8 Å². The van der Waals surface area contributed by atoms with Crippen LogP contribution >= 0.6 is 0 Å². The van der Waals surface area contributed by atoms with Gasteiger partial charge in [0, 0.05) is 43.5 Å². The van der Waals surface area contributed by atoms with Crippen LogP contribution in [0.25, 0.3) is 0 Å². The van der Waals surface area contributed by atoms with Crippen molar-refractivity contribution in [3.63, 3.8) is 0 Å². The monoisotopic (exact) mass is 435 g/mol. The average Bonchev–Trinajstić information content (AvgIpc) is 3.15. The molecule has 3 aliphatic heterocycles. The smallest absolute Gasteiger partial charge is 0.319 e. The van der Waals surface area contributed by atoms with Gasteiger partial charge in [0.05, 0.1) is 17.8 Å². The minimum absolute atomic E-state index is 0.0675. The number of pyridine rings is 1. The highest BCUT2D eigenvalue weighted by atomic mass is 16.2. The number of amides is 3. The van der Waals surface area contributed by atoms with Gasteiger partial charge in [-0.05, 0) is 51.2 Å². The molecule has 168 valence electrons. The average molecular weight is 436 g/mol. The Balaban J connectivity index is 1.22. The second-order valence-corrected chi connectivity index (χ2v) is 10.2. The number of nitrogens with one attached hydrogen (secondary N) is 2. The highest BCUT2D eigenvalue weighted by Crippen LogP contribution is 2.51. The summed E-state index contributed by atoms with van der Waals surface area (Å²) in [4.78, 5) is 37.0. The molecule has 4 aliphatic rings. The zero-order chi connectivity index (χ0) is 22.2. The predicted octanol–water partition coefficient (Wildman–Crippen LogP) is 2.25. The Bertz CT molecular complexity index is 1080. The molecule has 3 amide bonds. The van der Waals surface area contributed by atoms with Crippen molar-refractivity contribution in [3.05, 3.63) is 41.3 Å². The summed E-state index contributed by atoms with van der Waals surface area (Å²) in [5, 5.41) is 10.3. The molecule has 9 heteroatoms. The van der Waals surface area contributed by atoms with Crippen LogP contribution in [-0.2, 0) is 12.1 Å². The number of hydrogen-bond acceptors (Lipinski definition) is 5. The molecule has 2 aromatic rings. The van der Waals surface area contributed by atoms with Gasteiger partial charge in [-0.1, -0.05) is 6.07 Å². The fourth-order valence-corrected chi connectivity index (χ4v) is 5.96. The lowest BCUT2D eigenvalue weighted by atomic mass is 10.0. The number of carbonyl (C=O) groups is 2. The number of anilines is 1. The summed E-state index contributed by atoms with van der Waals surface area (Å²) in [5.74, 6) is 1.78. The van der Waals surface area contributed by atoms with E-state index in [-0.39, 0.29) is 18.0 Å². The van der Waals surface area contributed by atoms with E-state index in [1.807, 2.05) is 18.7 Å². The van der Waals surface area contributed by atoms with Crippen molar-refractivity contribution >= 4 is 17.8 Å². The third-order valence-electron chi connectivity index (χ3n) is 7.90. The summed E-state index contributed by atoms with van der Waals surface area (Å²) in [6.45, 7) is 9.60. The third kappa shape index (κ3) is 2.87. The Morgan fingerprint density at radius 3 is 2.84 bits per heavy atom. The molecule has 1 unspecified atom stereocenters. The molecule has 3 fully saturated rings. The molecule has 4 atom stereocenters. The van der Waals surface area contributed by atoms with Gasteiger partial charge in [-0.2, -0.15) is 5.10 Å². The van der Waals surface area contributed by atoms with Gasteiger partial charge in [0.25, 0.3) is 5.91 Å². The number of urea groups is 1. The number of aromatic amines is 1. The maximum atomic E-state index is 13.8. The summed E-state index contributed by atoms with van der Waals surface area (Å²) >= 11 is 0. The number of H-pyrrole nitrogens is 1. The highest BCUT2D eigenvalue weighted by Gasteiger charge is 2.56. The molecule has 0 spiro atoms. The molecule has 0 radical (unpaired) electrons. The summed E-state index contributed by atoms with van der Waals surface area (Å²) in [5.41, 5.74) is 1.52. The molecular formula is C23H29N7O2. The molecule has 2 N–H and O–H groups in total. The third-order valence-corrected chi connectivity index (χ3v) is 7.90. The maximum absolute atomic E-state index is 13.8. The van der Waals surface area contributed by atoms with E-state index in [9.17, 15) is 9.59 Å². The number of fused-ring (bicyclic) bond motifs is 4. The van der Waals surface area contributed by atoms with E-state index in [1.54, 1.807) is 24.4 Å². The van der Waals surface area contributed by atoms with Crippen molar-refractivity contribution in [1.29, 1.82) is 0 Å². The van der Waals surface area contributed by atoms with Gasteiger partial charge in [0.2, 0.25) is 0 Å². The number of nitrogens with zero attached hydrogens (tertiary/aromatic N) is 5. The molecule has 0 aromatic carbocycles. The maximum Gasteiger partial charge on any atom is 0.321 e. The first-order valence-corrected chi connectivity index (χ1v) is 11.5. The molecule has 2 aromatic heterocycles. The van der Waals surface area contributed by atoms with Gasteiger partial charge >= 0.3 is 6.03 Å². The van der Waals surface area contributed by atoms with E-state index in [4.69, 9.17) is 0 Å². The lowest BCUT2D eigenvalue weighted by molar-refractivity contribution is 0.0369. The highest BCUT2D eigenvalue weighted by molar-refractivity contribution is 6.02. The lowest BCUT2D eigenvalue weighted by Crippen LogP contribution is -2.61. The summed E-state index contributed by atoms with van der Waals surface area (Å²) < 4.78 is 0. The Morgan fingerprint density at radius 2 is 2.06 bits per heavy atom. The fraction of sp³-hybridized carbons (Fsp3) is 0.565. The van der Waals surface area contributed by atoms with E-state index in [2.05, 4.69) is 37.2 Å². The molecular weight excluding hydrogens is 406 g/mol. The Hall–Kier alpha value is -2.94. The molecule has 5 heterocycles. The van der Waals surface area contributed by atoms with Crippen LogP contribution in [0.15, 0.2) is 24.4 Å². The first-order valence-electron chi connectivity index (χ1n) is 11.5. The zero-order valence-corrected chi connectivity index (χ0v) is 18.7. The van der Waals surface area contributed by atoms with Crippen molar-refractivity contribution in [2.75, 3.05) is 25.0 Å². The molecule has 2 saturated heterocycles. The molecule has 32 heavy (non-hydrogen) atoms. The van der Waals surface area contributed by atoms with Crippen LogP contribution in [0.2, 0.25) is 0 Å². The number of piperazine rings is 1. The minimum Gasteiger partial charge on any atom is -0.319 e. The number of rotatable bonds is 2. The lowest BCUT2D eigenvalue weighted by Gasteiger charge is -2.46. The van der Waals surface area contributed by atoms with Crippen LogP contribution in [0.3, 0.4) is 0 Å². The SMILES string of the molecule is C[C@H]1CN2C[C@H]3CC3[C@H]2CN1C(=O)N1Cc2c(NC(=O)c3ccccn3)n[nH]c2C1(C)C. The number of aromatic nitrogens is 3. The topological polar surface area (TPSA) is 97.5 Å². The van der Waals surface area contributed by atoms with Gasteiger partial charge in [-0.15, -0.1) is 0 Å². The van der Waals surface area contributed by atoms with E-state index in [1.165, 1.54) is 13.0 Å². The minimum atomic E-state index is -0.540. The Kier molecular flexibility index (Phi) is 4.18. The van der Waals surface area contributed by atoms with Crippen LogP contribution in [0.4, 0.5) is 10.6 Å². The Labute approximate surface area is 187 Å². The van der Waals surface area contributed by atoms with Crippen LogP contribution in [-0.4, -0.2) is 73.5 Å². The largest absolute Gasteiger partial charge is 0.321 e. The normalized spacial score (nSPS) is 30.0. The van der Waals surface area contributed by atoms with Gasteiger partial charge < -0.3 is 15.1 Å². The van der Waals surface area contributed by atoms with E-state index < -0.39 is 5.54 Å². The van der Waals surface area contributed by atoms with Gasteiger partial charge in [0.1, 0.15) is 5.69 Å². The summed E-state index contributed by atoms with van der Waals surface area (Å²) in [6.07, 6.45) is 2.91. The number of piperidine rings is 1.